The number of para-hydroxylation sites is 1. The Morgan fingerprint density at radius 3 is 2.22 bits per heavy atom. The third-order valence-electron chi connectivity index (χ3n) is 3.82. The standard InChI is InChI=1S/C10H23N.C9H7NO2/c1-2-3-4-5-6-7-8-9-10-11;11-9(12)8-5-6-3-1-2-4-7(6)10-8/h2-11H2,1H3;1-5,10H,(H,11,12). The van der Waals surface area contributed by atoms with E-state index in [2.05, 4.69) is 11.9 Å². The van der Waals surface area contributed by atoms with Gasteiger partial charge in [0.2, 0.25) is 0 Å². The first-order chi connectivity index (χ1) is 11.2. The predicted molar refractivity (Wildman–Crippen MR) is 96.9 cm³/mol. The Hall–Kier alpha value is -1.81. The second kappa shape index (κ2) is 11.7. The highest BCUT2D eigenvalue weighted by atomic mass is 16.4. The lowest BCUT2D eigenvalue weighted by atomic mass is 10.1. The van der Waals surface area contributed by atoms with Crippen LogP contribution in [-0.4, -0.2) is 22.6 Å². The van der Waals surface area contributed by atoms with Crippen LogP contribution < -0.4 is 5.73 Å². The van der Waals surface area contributed by atoms with Crippen molar-refractivity contribution in [3.05, 3.63) is 36.0 Å². The van der Waals surface area contributed by atoms with Crippen molar-refractivity contribution in [1.29, 1.82) is 0 Å². The maximum Gasteiger partial charge on any atom is 0.352 e. The molecule has 1 heterocycles. The summed E-state index contributed by atoms with van der Waals surface area (Å²) >= 11 is 0. The van der Waals surface area contributed by atoms with Gasteiger partial charge in [0.15, 0.2) is 0 Å². The molecule has 23 heavy (non-hydrogen) atoms. The summed E-state index contributed by atoms with van der Waals surface area (Å²) in [6, 6.07) is 9.09. The molecule has 0 bridgehead atoms. The number of carboxylic acids is 1. The molecule has 0 aliphatic heterocycles. The van der Waals surface area contributed by atoms with Crippen LogP contribution in [-0.2, 0) is 0 Å². The maximum atomic E-state index is 10.5. The summed E-state index contributed by atoms with van der Waals surface area (Å²) in [7, 11) is 0. The van der Waals surface area contributed by atoms with Crippen molar-refractivity contribution in [3.63, 3.8) is 0 Å². The third kappa shape index (κ3) is 7.84. The van der Waals surface area contributed by atoms with Gasteiger partial charge in [-0.1, -0.05) is 70.1 Å². The molecule has 0 atom stereocenters. The molecule has 0 unspecified atom stereocenters. The Kier molecular flexibility index (Phi) is 9.80. The molecular weight excluding hydrogens is 288 g/mol. The molecular formula is C19H30N2O2. The summed E-state index contributed by atoms with van der Waals surface area (Å²) in [4.78, 5) is 13.3. The average molecular weight is 318 g/mol. The zero-order valence-corrected chi connectivity index (χ0v) is 14.2. The van der Waals surface area contributed by atoms with Crippen LogP contribution in [0.5, 0.6) is 0 Å². The number of hydrogen-bond acceptors (Lipinski definition) is 2. The van der Waals surface area contributed by atoms with Crippen LogP contribution >= 0.6 is 0 Å². The van der Waals surface area contributed by atoms with Gasteiger partial charge in [-0.2, -0.15) is 0 Å². The van der Waals surface area contributed by atoms with Crippen molar-refractivity contribution in [1.82, 2.24) is 4.98 Å². The smallest absolute Gasteiger partial charge is 0.352 e. The number of nitrogens with two attached hydrogens (primary N) is 1. The fraction of sp³-hybridized carbons (Fsp3) is 0.526. The summed E-state index contributed by atoms with van der Waals surface area (Å²) in [6.45, 7) is 3.13. The molecule has 1 aromatic heterocycles. The van der Waals surface area contributed by atoms with Gasteiger partial charge in [-0.05, 0) is 25.1 Å². The van der Waals surface area contributed by atoms with Gasteiger partial charge in [0.05, 0.1) is 0 Å². The van der Waals surface area contributed by atoms with E-state index in [1.54, 1.807) is 6.07 Å². The molecule has 4 nitrogen and oxygen atoms in total. The molecule has 0 fully saturated rings. The molecule has 0 aliphatic rings. The second-order valence-electron chi connectivity index (χ2n) is 5.84. The Labute approximate surface area is 139 Å². The highest BCUT2D eigenvalue weighted by Gasteiger charge is 2.05. The number of carboxylic acid groups (broad SMARTS) is 1. The van der Waals surface area contributed by atoms with E-state index >= 15 is 0 Å². The van der Waals surface area contributed by atoms with Crippen molar-refractivity contribution in [2.24, 2.45) is 5.73 Å². The van der Waals surface area contributed by atoms with Crippen molar-refractivity contribution in [2.45, 2.75) is 58.3 Å². The summed E-state index contributed by atoms with van der Waals surface area (Å²) < 4.78 is 0. The highest BCUT2D eigenvalue weighted by molar-refractivity contribution is 5.93. The van der Waals surface area contributed by atoms with Crippen LogP contribution in [0.2, 0.25) is 0 Å². The molecule has 1 aromatic carbocycles. The maximum absolute atomic E-state index is 10.5. The van der Waals surface area contributed by atoms with Crippen molar-refractivity contribution in [2.75, 3.05) is 6.54 Å². The molecule has 0 aliphatic carbocycles. The molecule has 0 radical (unpaired) electrons. The van der Waals surface area contributed by atoms with Crippen LogP contribution in [0.4, 0.5) is 0 Å². The number of rotatable bonds is 9. The number of aromatic amines is 1. The summed E-state index contributed by atoms with van der Waals surface area (Å²) in [5.41, 5.74) is 6.48. The van der Waals surface area contributed by atoms with Crippen molar-refractivity contribution >= 4 is 16.9 Å². The van der Waals surface area contributed by atoms with E-state index in [1.807, 2.05) is 24.3 Å². The fourth-order valence-electron chi connectivity index (χ4n) is 2.47. The van der Waals surface area contributed by atoms with Crippen molar-refractivity contribution < 1.29 is 9.90 Å². The van der Waals surface area contributed by atoms with Crippen LogP contribution in [0.25, 0.3) is 10.9 Å². The monoisotopic (exact) mass is 318 g/mol. The number of H-pyrrole nitrogens is 1. The number of nitrogens with one attached hydrogen (secondary N) is 1. The minimum Gasteiger partial charge on any atom is -0.477 e. The number of carbonyl (C=O) groups is 1. The molecule has 0 amide bonds. The molecule has 2 aromatic rings. The lowest BCUT2D eigenvalue weighted by Crippen LogP contribution is -1.97. The topological polar surface area (TPSA) is 79.1 Å². The molecule has 0 spiro atoms. The van der Waals surface area contributed by atoms with E-state index < -0.39 is 5.97 Å². The molecule has 2 rings (SSSR count). The largest absolute Gasteiger partial charge is 0.477 e. The van der Waals surface area contributed by atoms with E-state index in [0.717, 1.165) is 17.4 Å². The third-order valence-corrected chi connectivity index (χ3v) is 3.82. The van der Waals surface area contributed by atoms with E-state index in [9.17, 15) is 4.79 Å². The van der Waals surface area contributed by atoms with E-state index in [1.165, 1.54) is 51.4 Å². The number of fused-ring (bicyclic) bond motifs is 1. The number of aromatic nitrogens is 1. The van der Waals surface area contributed by atoms with Crippen LogP contribution in [0.1, 0.15) is 68.8 Å². The second-order valence-corrected chi connectivity index (χ2v) is 5.84. The van der Waals surface area contributed by atoms with Crippen LogP contribution in [0, 0.1) is 0 Å². The van der Waals surface area contributed by atoms with E-state index in [4.69, 9.17) is 10.8 Å². The Morgan fingerprint density at radius 1 is 1.04 bits per heavy atom. The first kappa shape index (κ1) is 19.2. The zero-order valence-electron chi connectivity index (χ0n) is 14.2. The summed E-state index contributed by atoms with van der Waals surface area (Å²) in [6.07, 6.45) is 11.0. The number of hydrogen-bond donors (Lipinski definition) is 3. The SMILES string of the molecule is CCCCCCCCCCN.O=C(O)c1cc2ccccc2[nH]1. The average Bonchev–Trinajstić information content (AvgIpc) is 2.99. The number of unbranched alkanes of at least 4 members (excludes halogenated alkanes) is 7. The number of benzene rings is 1. The van der Waals surface area contributed by atoms with Crippen LogP contribution in [0.3, 0.4) is 0 Å². The van der Waals surface area contributed by atoms with Gasteiger partial charge in [-0.15, -0.1) is 0 Å². The summed E-state index contributed by atoms with van der Waals surface area (Å²) in [5.74, 6) is -0.925. The Morgan fingerprint density at radius 2 is 1.65 bits per heavy atom. The normalized spacial score (nSPS) is 10.3. The molecule has 0 saturated carbocycles. The Balaban J connectivity index is 0.000000232. The quantitative estimate of drug-likeness (QED) is 0.572. The lowest BCUT2D eigenvalue weighted by molar-refractivity contribution is 0.0691. The minimum atomic E-state index is -0.925. The molecule has 4 heteroatoms. The van der Waals surface area contributed by atoms with Crippen molar-refractivity contribution in [3.8, 4) is 0 Å². The van der Waals surface area contributed by atoms with Gasteiger partial charge in [0.1, 0.15) is 5.69 Å². The van der Waals surface area contributed by atoms with Gasteiger partial charge < -0.3 is 15.8 Å². The fourth-order valence-corrected chi connectivity index (χ4v) is 2.47. The Bertz CT molecular complexity index is 522. The van der Waals surface area contributed by atoms with Gasteiger partial charge in [0.25, 0.3) is 0 Å². The number of aromatic carboxylic acids is 1. The minimum absolute atomic E-state index is 0.233. The molecule has 4 N–H and O–H groups in total. The van der Waals surface area contributed by atoms with Gasteiger partial charge >= 0.3 is 5.97 Å². The molecule has 128 valence electrons. The van der Waals surface area contributed by atoms with Gasteiger partial charge in [-0.25, -0.2) is 4.79 Å². The highest BCUT2D eigenvalue weighted by Crippen LogP contribution is 2.14. The lowest BCUT2D eigenvalue weighted by Gasteiger charge is -1.99. The van der Waals surface area contributed by atoms with E-state index in [0.29, 0.717) is 0 Å². The predicted octanol–water partition coefficient (Wildman–Crippen LogP) is 4.95. The zero-order chi connectivity index (χ0) is 16.9. The van der Waals surface area contributed by atoms with E-state index in [-0.39, 0.29) is 5.69 Å². The summed E-state index contributed by atoms with van der Waals surface area (Å²) in [5, 5.41) is 9.58. The first-order valence-electron chi connectivity index (χ1n) is 8.70. The van der Waals surface area contributed by atoms with Crippen LogP contribution in [0.15, 0.2) is 30.3 Å². The molecule has 0 saturated heterocycles. The van der Waals surface area contributed by atoms with Gasteiger partial charge in [-0.3, -0.25) is 0 Å². The first-order valence-corrected chi connectivity index (χ1v) is 8.70. The van der Waals surface area contributed by atoms with Gasteiger partial charge in [0, 0.05) is 10.9 Å².